The van der Waals surface area contributed by atoms with Crippen LogP contribution in [-0.2, 0) is 11.2 Å². The highest BCUT2D eigenvalue weighted by Crippen LogP contribution is 2.32. The lowest BCUT2D eigenvalue weighted by molar-refractivity contribution is -0.139. The number of halogens is 1. The van der Waals surface area contributed by atoms with Crippen molar-refractivity contribution < 1.29 is 19.8 Å². The summed E-state index contributed by atoms with van der Waals surface area (Å²) in [4.78, 5) is 38.3. The van der Waals surface area contributed by atoms with E-state index in [0.717, 1.165) is 22.2 Å². The number of aromatic hydroxyl groups is 1. The number of benzene rings is 4. The minimum atomic E-state index is -1.20. The predicted molar refractivity (Wildman–Crippen MR) is 163 cm³/mol. The second-order valence-corrected chi connectivity index (χ2v) is 10.5. The Morgan fingerprint density at radius 3 is 2.24 bits per heavy atom. The molecule has 0 saturated carbocycles. The molecule has 6 rings (SSSR count). The van der Waals surface area contributed by atoms with Crippen LogP contribution in [0.1, 0.15) is 21.5 Å². The van der Waals surface area contributed by atoms with E-state index in [1.165, 1.54) is 0 Å². The Bertz CT molecular complexity index is 1970. The first-order chi connectivity index (χ1) is 20.2. The van der Waals surface area contributed by atoms with Crippen molar-refractivity contribution in [3.63, 3.8) is 0 Å². The van der Waals surface area contributed by atoms with Gasteiger partial charge in [0.05, 0.1) is 22.4 Å². The van der Waals surface area contributed by atoms with Crippen molar-refractivity contribution in [1.29, 1.82) is 0 Å². The first kappa shape index (κ1) is 27.0. The number of phenols is 1. The van der Waals surface area contributed by atoms with E-state index in [4.69, 9.17) is 21.6 Å². The van der Waals surface area contributed by atoms with Crippen LogP contribution < -0.4 is 5.32 Å². The summed E-state index contributed by atoms with van der Waals surface area (Å²) in [6.45, 7) is 2.01. The number of H-pyrrole nitrogens is 1. The molecule has 2 aromatic heterocycles. The summed E-state index contributed by atoms with van der Waals surface area (Å²) in [7, 11) is 0. The third-order valence-electron chi connectivity index (χ3n) is 7.15. The number of carboxylic acids is 1. The third-order valence-corrected chi connectivity index (χ3v) is 7.40. The van der Waals surface area contributed by atoms with Crippen LogP contribution >= 0.6 is 11.6 Å². The van der Waals surface area contributed by atoms with Crippen molar-refractivity contribution >= 4 is 45.4 Å². The van der Waals surface area contributed by atoms with Crippen LogP contribution in [0.25, 0.3) is 44.5 Å². The maximum atomic E-state index is 13.3. The molecule has 0 aliphatic heterocycles. The van der Waals surface area contributed by atoms with Crippen LogP contribution in [0.15, 0.2) is 91.1 Å². The first-order valence-electron chi connectivity index (χ1n) is 13.2. The minimum absolute atomic E-state index is 0.0277. The van der Waals surface area contributed by atoms with E-state index in [9.17, 15) is 19.8 Å². The minimum Gasteiger partial charge on any atom is -0.508 e. The number of aromatic nitrogens is 3. The van der Waals surface area contributed by atoms with Crippen molar-refractivity contribution in [2.24, 2.45) is 0 Å². The van der Waals surface area contributed by atoms with Crippen LogP contribution in [0.2, 0.25) is 5.02 Å². The van der Waals surface area contributed by atoms with Gasteiger partial charge in [0, 0.05) is 45.2 Å². The fraction of sp³-hybridized carbons (Fsp3) is 0.0909. The second kappa shape index (κ2) is 11.0. The molecule has 1 atom stereocenters. The highest BCUT2D eigenvalue weighted by Gasteiger charge is 2.23. The molecule has 6 aromatic rings. The van der Waals surface area contributed by atoms with Crippen molar-refractivity contribution in [3.8, 4) is 28.3 Å². The Labute approximate surface area is 245 Å². The number of nitrogens with zero attached hydrogens (tertiary/aromatic N) is 2. The fourth-order valence-electron chi connectivity index (χ4n) is 4.91. The van der Waals surface area contributed by atoms with Gasteiger partial charge in [0.25, 0.3) is 5.91 Å². The molecule has 0 unspecified atom stereocenters. The second-order valence-electron chi connectivity index (χ2n) is 10.1. The Kier molecular flexibility index (Phi) is 7.06. The molecule has 0 bridgehead atoms. The molecule has 1 amide bonds. The average Bonchev–Trinajstić information content (AvgIpc) is 3.38. The summed E-state index contributed by atoms with van der Waals surface area (Å²) < 4.78 is 0. The van der Waals surface area contributed by atoms with Gasteiger partial charge in [0.15, 0.2) is 0 Å². The number of fused-ring (bicyclic) bond motifs is 2. The molecule has 0 aliphatic rings. The van der Waals surface area contributed by atoms with Crippen LogP contribution in [0.4, 0.5) is 0 Å². The quantitative estimate of drug-likeness (QED) is 0.171. The van der Waals surface area contributed by atoms with E-state index in [-0.39, 0.29) is 17.7 Å². The lowest BCUT2D eigenvalue weighted by Gasteiger charge is -2.15. The van der Waals surface area contributed by atoms with Gasteiger partial charge in [-0.3, -0.25) is 4.79 Å². The van der Waals surface area contributed by atoms with Gasteiger partial charge >= 0.3 is 5.97 Å². The van der Waals surface area contributed by atoms with Gasteiger partial charge in [-0.1, -0.05) is 53.6 Å². The highest BCUT2D eigenvalue weighted by atomic mass is 35.5. The molecule has 2 heterocycles. The molecule has 4 aromatic carbocycles. The normalized spacial score (nSPS) is 12.0. The molecule has 208 valence electrons. The molecular weight excluding hydrogens is 552 g/mol. The van der Waals surface area contributed by atoms with E-state index in [2.05, 4.69) is 10.3 Å². The first-order valence-corrected chi connectivity index (χ1v) is 13.6. The Morgan fingerprint density at radius 2 is 1.55 bits per heavy atom. The van der Waals surface area contributed by atoms with Crippen molar-refractivity contribution in [2.75, 3.05) is 0 Å². The van der Waals surface area contributed by atoms with Gasteiger partial charge < -0.3 is 20.5 Å². The number of aliphatic carboxylic acids is 1. The number of carbonyl (C=O) groups excluding carboxylic acids is 1. The van der Waals surface area contributed by atoms with E-state index in [1.54, 1.807) is 54.7 Å². The molecule has 0 aliphatic carbocycles. The molecule has 42 heavy (non-hydrogen) atoms. The molecular formula is C33H25ClN4O4. The fourth-order valence-corrected chi connectivity index (χ4v) is 5.04. The smallest absolute Gasteiger partial charge is 0.326 e. The Hall–Kier alpha value is -5.21. The maximum Gasteiger partial charge on any atom is 0.326 e. The average molecular weight is 577 g/mol. The van der Waals surface area contributed by atoms with Crippen molar-refractivity contribution in [2.45, 2.75) is 19.4 Å². The van der Waals surface area contributed by atoms with Gasteiger partial charge in [-0.15, -0.1) is 0 Å². The summed E-state index contributed by atoms with van der Waals surface area (Å²) >= 11 is 6.12. The third kappa shape index (κ3) is 5.40. The standard InChI is InChI=1S/C33H25ClN4O4/c1-18-2-4-19(5-3-18)31-30(20-6-9-23(34)10-7-20)36-27-12-8-21(14-28(27)37-31)32(40)38-29(33(41)42)15-22-17-35-26-13-11-24(39)16-25(22)26/h2-14,16-17,29,35,39H,15H2,1H3,(H,38,40)(H,41,42)/t29-/m0/s1. The van der Waals surface area contributed by atoms with Gasteiger partial charge in [-0.25, -0.2) is 14.8 Å². The van der Waals surface area contributed by atoms with Gasteiger partial charge in [0.2, 0.25) is 0 Å². The van der Waals surface area contributed by atoms with Crippen molar-refractivity contribution in [3.05, 3.63) is 113 Å². The lowest BCUT2D eigenvalue weighted by atomic mass is 10.0. The number of carboxylic acid groups (broad SMARTS) is 1. The number of hydrogen-bond donors (Lipinski definition) is 4. The van der Waals surface area contributed by atoms with Crippen molar-refractivity contribution in [1.82, 2.24) is 20.3 Å². The van der Waals surface area contributed by atoms with E-state index in [0.29, 0.717) is 38.4 Å². The molecule has 0 saturated heterocycles. The number of nitrogens with one attached hydrogen (secondary N) is 2. The van der Waals surface area contributed by atoms with Crippen LogP contribution in [0.5, 0.6) is 5.75 Å². The highest BCUT2D eigenvalue weighted by molar-refractivity contribution is 6.30. The molecule has 0 radical (unpaired) electrons. The number of aromatic amines is 1. The number of amides is 1. The number of carbonyl (C=O) groups is 2. The van der Waals surface area contributed by atoms with Gasteiger partial charge in [0.1, 0.15) is 11.8 Å². The zero-order valence-electron chi connectivity index (χ0n) is 22.4. The Balaban J connectivity index is 1.34. The molecule has 9 heteroatoms. The molecule has 0 fully saturated rings. The number of aryl methyl sites for hydroxylation is 1. The SMILES string of the molecule is Cc1ccc(-c2nc3cc(C(=O)N[C@@H](Cc4c[nH]c5ccc(O)cc45)C(=O)O)ccc3nc2-c2ccc(Cl)cc2)cc1. The lowest BCUT2D eigenvalue weighted by Crippen LogP contribution is -2.42. The number of hydrogen-bond acceptors (Lipinski definition) is 5. The molecule has 8 nitrogen and oxygen atoms in total. The zero-order chi connectivity index (χ0) is 29.4. The predicted octanol–water partition coefficient (Wildman–Crippen LogP) is 6.54. The summed E-state index contributed by atoms with van der Waals surface area (Å²) in [6.07, 6.45) is 1.71. The molecule has 0 spiro atoms. The monoisotopic (exact) mass is 576 g/mol. The summed E-state index contributed by atoms with van der Waals surface area (Å²) in [5.74, 6) is -1.65. The summed E-state index contributed by atoms with van der Waals surface area (Å²) in [5.41, 5.74) is 6.90. The zero-order valence-corrected chi connectivity index (χ0v) is 23.2. The van der Waals surface area contributed by atoms with Crippen LogP contribution in [0.3, 0.4) is 0 Å². The number of rotatable bonds is 7. The Morgan fingerprint density at radius 1 is 0.881 bits per heavy atom. The molecule has 4 N–H and O–H groups in total. The van der Waals surface area contributed by atoms with Crippen LogP contribution in [-0.4, -0.2) is 43.1 Å². The van der Waals surface area contributed by atoms with E-state index in [1.807, 2.05) is 43.3 Å². The van der Waals surface area contributed by atoms with E-state index < -0.39 is 17.9 Å². The van der Waals surface area contributed by atoms with Crippen LogP contribution in [0, 0.1) is 6.92 Å². The van der Waals surface area contributed by atoms with Gasteiger partial charge in [-0.05, 0) is 61.0 Å². The summed E-state index contributed by atoms with van der Waals surface area (Å²) in [6, 6.07) is 23.9. The van der Waals surface area contributed by atoms with E-state index >= 15 is 0 Å². The van der Waals surface area contributed by atoms with Gasteiger partial charge in [-0.2, -0.15) is 0 Å². The maximum absolute atomic E-state index is 13.3. The summed E-state index contributed by atoms with van der Waals surface area (Å²) in [5, 5.41) is 23.7. The largest absolute Gasteiger partial charge is 0.508 e. The number of phenolic OH excluding ortho intramolecular Hbond substituents is 1. The topological polar surface area (TPSA) is 128 Å².